The third-order valence-electron chi connectivity index (χ3n) is 2.20. The molecule has 0 saturated carbocycles. The predicted molar refractivity (Wildman–Crippen MR) is 56.0 cm³/mol. The summed E-state index contributed by atoms with van der Waals surface area (Å²) in [6, 6.07) is 0.654. The number of ether oxygens (including phenoxy) is 3. The second-order valence-electron chi connectivity index (χ2n) is 3.05. The summed E-state index contributed by atoms with van der Waals surface area (Å²) < 4.78 is 16.9. The van der Waals surface area contributed by atoms with Crippen molar-refractivity contribution in [1.29, 1.82) is 0 Å². The van der Waals surface area contributed by atoms with E-state index in [9.17, 15) is 0 Å². The normalized spacial score (nSPS) is 10.5. The van der Waals surface area contributed by atoms with E-state index in [2.05, 4.69) is 15.0 Å². The number of aryl methyl sites for hydroxylation is 1. The number of fused-ring (bicyclic) bond motifs is 1. The molecule has 7 heteroatoms. The Balaban J connectivity index is 2.76. The van der Waals surface area contributed by atoms with Crippen LogP contribution in [-0.2, 0) is 7.05 Å². The standard InChI is InChI=1S/C9H12N4O3/c1-13-5-6(11-9(13)16-4)10-8(15-3)12-7(5)14-2/h1-4H3. The highest BCUT2D eigenvalue weighted by molar-refractivity contribution is 5.78. The average Bonchev–Trinajstić information content (AvgIpc) is 2.65. The monoisotopic (exact) mass is 224 g/mol. The van der Waals surface area contributed by atoms with Crippen molar-refractivity contribution in [2.45, 2.75) is 0 Å². The molecule has 2 aromatic heterocycles. The summed E-state index contributed by atoms with van der Waals surface area (Å²) in [4.78, 5) is 12.4. The summed E-state index contributed by atoms with van der Waals surface area (Å²) in [5.41, 5.74) is 1.14. The lowest BCUT2D eigenvalue weighted by atomic mass is 10.5. The molecule has 0 aromatic carbocycles. The van der Waals surface area contributed by atoms with Gasteiger partial charge >= 0.3 is 6.01 Å². The fourth-order valence-corrected chi connectivity index (χ4v) is 1.45. The topological polar surface area (TPSA) is 71.3 Å². The zero-order valence-corrected chi connectivity index (χ0v) is 9.51. The number of imidazole rings is 1. The van der Waals surface area contributed by atoms with Crippen molar-refractivity contribution in [3.63, 3.8) is 0 Å². The number of rotatable bonds is 3. The quantitative estimate of drug-likeness (QED) is 0.751. The van der Waals surface area contributed by atoms with Crippen LogP contribution in [0.3, 0.4) is 0 Å². The van der Waals surface area contributed by atoms with Gasteiger partial charge in [0.2, 0.25) is 5.88 Å². The van der Waals surface area contributed by atoms with Crippen LogP contribution in [0.5, 0.6) is 17.9 Å². The van der Waals surface area contributed by atoms with Crippen LogP contribution in [-0.4, -0.2) is 40.8 Å². The van der Waals surface area contributed by atoms with Crippen LogP contribution in [0.4, 0.5) is 0 Å². The highest BCUT2D eigenvalue weighted by Gasteiger charge is 2.17. The van der Waals surface area contributed by atoms with Gasteiger partial charge in [0, 0.05) is 7.05 Å². The van der Waals surface area contributed by atoms with Crippen LogP contribution in [0.25, 0.3) is 11.2 Å². The second-order valence-corrected chi connectivity index (χ2v) is 3.05. The Morgan fingerprint density at radius 2 is 1.69 bits per heavy atom. The van der Waals surface area contributed by atoms with Crippen molar-refractivity contribution in [3.05, 3.63) is 0 Å². The van der Waals surface area contributed by atoms with E-state index in [0.29, 0.717) is 23.1 Å². The third kappa shape index (κ3) is 1.40. The van der Waals surface area contributed by atoms with E-state index in [4.69, 9.17) is 14.2 Å². The lowest BCUT2D eigenvalue weighted by Crippen LogP contribution is -1.99. The molecule has 2 aromatic rings. The van der Waals surface area contributed by atoms with Crippen molar-refractivity contribution in [3.8, 4) is 17.9 Å². The minimum atomic E-state index is 0.213. The van der Waals surface area contributed by atoms with E-state index in [0.717, 1.165) is 0 Å². The number of nitrogens with zero attached hydrogens (tertiary/aromatic N) is 4. The molecule has 0 saturated heterocycles. The van der Waals surface area contributed by atoms with Crippen LogP contribution >= 0.6 is 0 Å². The molecule has 86 valence electrons. The largest absolute Gasteiger partial charge is 0.479 e. The first-order valence-corrected chi connectivity index (χ1v) is 4.57. The first-order valence-electron chi connectivity index (χ1n) is 4.57. The first kappa shape index (κ1) is 10.5. The molecule has 2 rings (SSSR count). The van der Waals surface area contributed by atoms with Gasteiger partial charge in [0.1, 0.15) is 0 Å². The predicted octanol–water partition coefficient (Wildman–Crippen LogP) is 0.389. The summed E-state index contributed by atoms with van der Waals surface area (Å²) in [5, 5.41) is 0. The Kier molecular flexibility index (Phi) is 2.51. The molecule has 0 fully saturated rings. The van der Waals surface area contributed by atoms with E-state index >= 15 is 0 Å². The van der Waals surface area contributed by atoms with Gasteiger partial charge in [0.15, 0.2) is 11.2 Å². The molecule has 0 unspecified atom stereocenters. The number of aromatic nitrogens is 4. The zero-order valence-electron chi connectivity index (χ0n) is 9.51. The van der Waals surface area contributed by atoms with Crippen LogP contribution in [0.2, 0.25) is 0 Å². The van der Waals surface area contributed by atoms with Crippen molar-refractivity contribution in [1.82, 2.24) is 19.5 Å². The number of hydrogen-bond donors (Lipinski definition) is 0. The van der Waals surface area contributed by atoms with Crippen LogP contribution in [0.15, 0.2) is 0 Å². The van der Waals surface area contributed by atoms with Gasteiger partial charge in [-0.1, -0.05) is 0 Å². The minimum Gasteiger partial charge on any atom is -0.479 e. The van der Waals surface area contributed by atoms with Gasteiger partial charge < -0.3 is 14.2 Å². The van der Waals surface area contributed by atoms with E-state index in [1.54, 1.807) is 18.7 Å². The molecule has 0 aliphatic rings. The molecular formula is C9H12N4O3. The van der Waals surface area contributed by atoms with Gasteiger partial charge in [-0.15, -0.1) is 0 Å². The molecule has 0 aliphatic carbocycles. The SMILES string of the molecule is COc1nc(OC)c2c(n1)nc(OC)n2C. The van der Waals surface area contributed by atoms with E-state index < -0.39 is 0 Å². The molecule has 0 bridgehead atoms. The summed E-state index contributed by atoms with van der Waals surface area (Å²) in [5.74, 6) is 0.403. The molecule has 0 aliphatic heterocycles. The Morgan fingerprint density at radius 3 is 2.25 bits per heavy atom. The summed E-state index contributed by atoms with van der Waals surface area (Å²) in [6.07, 6.45) is 0. The summed E-state index contributed by atoms with van der Waals surface area (Å²) in [7, 11) is 6.35. The fourth-order valence-electron chi connectivity index (χ4n) is 1.45. The number of hydrogen-bond acceptors (Lipinski definition) is 6. The molecular weight excluding hydrogens is 212 g/mol. The van der Waals surface area contributed by atoms with Gasteiger partial charge in [-0.2, -0.15) is 15.0 Å². The average molecular weight is 224 g/mol. The van der Waals surface area contributed by atoms with Crippen LogP contribution in [0.1, 0.15) is 0 Å². The van der Waals surface area contributed by atoms with E-state index in [-0.39, 0.29) is 6.01 Å². The molecule has 16 heavy (non-hydrogen) atoms. The lowest BCUT2D eigenvalue weighted by molar-refractivity contribution is 0.354. The second kappa shape index (κ2) is 3.84. The highest BCUT2D eigenvalue weighted by Crippen LogP contribution is 2.27. The Hall–Kier alpha value is -2.05. The van der Waals surface area contributed by atoms with Crippen LogP contribution < -0.4 is 14.2 Å². The minimum absolute atomic E-state index is 0.213. The van der Waals surface area contributed by atoms with Gasteiger partial charge in [-0.25, -0.2) is 0 Å². The maximum absolute atomic E-state index is 5.16. The van der Waals surface area contributed by atoms with Crippen molar-refractivity contribution < 1.29 is 14.2 Å². The molecule has 0 N–H and O–H groups in total. The molecule has 7 nitrogen and oxygen atoms in total. The highest BCUT2D eigenvalue weighted by atomic mass is 16.5. The molecule has 0 radical (unpaired) electrons. The zero-order chi connectivity index (χ0) is 11.7. The smallest absolute Gasteiger partial charge is 0.321 e. The maximum Gasteiger partial charge on any atom is 0.321 e. The number of methoxy groups -OCH3 is 3. The van der Waals surface area contributed by atoms with Gasteiger partial charge in [0.05, 0.1) is 21.3 Å². The Bertz CT molecular complexity index is 523. The Morgan fingerprint density at radius 1 is 0.938 bits per heavy atom. The molecule has 2 heterocycles. The molecule has 0 atom stereocenters. The molecule has 0 spiro atoms. The summed E-state index contributed by atoms with van der Waals surface area (Å²) in [6.45, 7) is 0. The van der Waals surface area contributed by atoms with Crippen molar-refractivity contribution >= 4 is 11.2 Å². The van der Waals surface area contributed by atoms with Gasteiger partial charge in [-0.3, -0.25) is 4.57 Å². The van der Waals surface area contributed by atoms with Crippen LogP contribution in [0, 0.1) is 0 Å². The van der Waals surface area contributed by atoms with Crippen molar-refractivity contribution in [2.24, 2.45) is 7.05 Å². The maximum atomic E-state index is 5.16. The van der Waals surface area contributed by atoms with E-state index in [1.165, 1.54) is 14.2 Å². The Labute approximate surface area is 92.0 Å². The summed E-state index contributed by atoms with van der Waals surface area (Å²) >= 11 is 0. The molecule has 0 amide bonds. The van der Waals surface area contributed by atoms with Gasteiger partial charge in [-0.05, 0) is 0 Å². The third-order valence-corrected chi connectivity index (χ3v) is 2.20. The fraction of sp³-hybridized carbons (Fsp3) is 0.444. The van der Waals surface area contributed by atoms with Crippen molar-refractivity contribution in [2.75, 3.05) is 21.3 Å². The van der Waals surface area contributed by atoms with E-state index in [1.807, 2.05) is 0 Å². The lowest BCUT2D eigenvalue weighted by Gasteiger charge is -2.04. The van der Waals surface area contributed by atoms with Gasteiger partial charge in [0.25, 0.3) is 6.01 Å². The first-order chi connectivity index (χ1) is 7.71.